The monoisotopic (exact) mass is 403 g/mol. The molecule has 0 aliphatic carbocycles. The van der Waals surface area contributed by atoms with Crippen LogP contribution in [0.1, 0.15) is 27.2 Å². The van der Waals surface area contributed by atoms with Crippen molar-refractivity contribution in [2.24, 2.45) is 0 Å². The fraction of sp³-hybridized carbons (Fsp3) is 0.238. The van der Waals surface area contributed by atoms with E-state index < -0.39 is 0 Å². The number of H-pyrrole nitrogens is 1. The summed E-state index contributed by atoms with van der Waals surface area (Å²) in [6, 6.07) is 9.12. The number of aromatic nitrogens is 3. The molecular formula is C21H21N7O2. The van der Waals surface area contributed by atoms with Crippen LogP contribution in [0.5, 0.6) is 5.75 Å². The van der Waals surface area contributed by atoms with Gasteiger partial charge in [-0.25, -0.2) is 9.83 Å². The lowest BCUT2D eigenvalue weighted by atomic mass is 10.1. The molecular weight excluding hydrogens is 382 g/mol. The third kappa shape index (κ3) is 4.03. The highest BCUT2D eigenvalue weighted by Crippen LogP contribution is 2.30. The number of hydrogen-bond acceptors (Lipinski definition) is 6. The molecule has 9 nitrogen and oxygen atoms in total. The van der Waals surface area contributed by atoms with Gasteiger partial charge in [0.25, 0.3) is 5.91 Å². The lowest BCUT2D eigenvalue weighted by molar-refractivity contribution is 0.0966. The molecule has 0 unspecified atom stereocenters. The van der Waals surface area contributed by atoms with E-state index in [1.807, 2.05) is 32.0 Å². The highest BCUT2D eigenvalue weighted by Gasteiger charge is 2.18. The van der Waals surface area contributed by atoms with Crippen LogP contribution >= 0.6 is 0 Å². The summed E-state index contributed by atoms with van der Waals surface area (Å²) >= 11 is 0. The van der Waals surface area contributed by atoms with Gasteiger partial charge in [-0.1, -0.05) is 0 Å². The molecule has 0 saturated carbocycles. The Morgan fingerprint density at radius 1 is 1.23 bits per heavy atom. The summed E-state index contributed by atoms with van der Waals surface area (Å²) in [5.41, 5.74) is 3.85. The van der Waals surface area contributed by atoms with Crippen LogP contribution in [0, 0.1) is 20.4 Å². The van der Waals surface area contributed by atoms with Gasteiger partial charge in [-0.2, -0.15) is 5.10 Å². The molecule has 0 bridgehead atoms. The smallest absolute Gasteiger partial charge is 0.251 e. The van der Waals surface area contributed by atoms with Gasteiger partial charge >= 0.3 is 0 Å². The number of nitrogens with one attached hydrogen (secondary N) is 4. The van der Waals surface area contributed by atoms with Crippen molar-refractivity contribution in [2.45, 2.75) is 20.4 Å². The molecule has 2 aromatic heterocycles. The number of ether oxygens (including phenoxy) is 1. The standard InChI is InChI=1S/C21H21N7O2/c1-12-8-17(25-18-9-13(2)27-28-18)26-20(19(12)22-3)23-6-7-30-15-4-5-16-14(10-15)11-24-21(16)29/h4-5,8-10H,6-7,11H2,1-2H3,(H,24,29)(H3,23,25,26,27,28). The van der Waals surface area contributed by atoms with E-state index in [1.54, 1.807) is 12.1 Å². The number of carbonyl (C=O) groups excluding carboxylic acids is 1. The lowest BCUT2D eigenvalue weighted by Crippen LogP contribution is -2.13. The number of rotatable bonds is 7. The number of carbonyl (C=O) groups is 1. The fourth-order valence-electron chi connectivity index (χ4n) is 3.24. The van der Waals surface area contributed by atoms with Crippen molar-refractivity contribution >= 4 is 29.0 Å². The summed E-state index contributed by atoms with van der Waals surface area (Å²) in [6.45, 7) is 12.6. The van der Waals surface area contributed by atoms with Crippen LogP contribution < -0.4 is 20.7 Å². The van der Waals surface area contributed by atoms with Gasteiger partial charge in [0.2, 0.25) is 5.69 Å². The van der Waals surface area contributed by atoms with Crippen LogP contribution in [-0.2, 0) is 6.54 Å². The Labute approximate surface area is 173 Å². The first-order valence-electron chi connectivity index (χ1n) is 9.49. The SMILES string of the molecule is [C-]#[N+]c1c(C)cc(Nc2cc(C)[nH]n2)nc1NCCOc1ccc2c(c1)CNC2=O. The number of aromatic amines is 1. The lowest BCUT2D eigenvalue weighted by Gasteiger charge is -2.13. The van der Waals surface area contributed by atoms with Crippen LogP contribution in [0.3, 0.4) is 0 Å². The molecule has 0 atom stereocenters. The van der Waals surface area contributed by atoms with E-state index in [0.717, 1.165) is 16.8 Å². The second-order valence-corrected chi connectivity index (χ2v) is 6.97. The topological polar surface area (TPSA) is 108 Å². The fourth-order valence-corrected chi connectivity index (χ4v) is 3.24. The molecule has 0 fully saturated rings. The zero-order valence-corrected chi connectivity index (χ0v) is 16.7. The van der Waals surface area contributed by atoms with Crippen LogP contribution in [0.2, 0.25) is 0 Å². The minimum absolute atomic E-state index is 0.0511. The zero-order chi connectivity index (χ0) is 21.1. The van der Waals surface area contributed by atoms with Crippen molar-refractivity contribution < 1.29 is 9.53 Å². The van der Waals surface area contributed by atoms with Crippen LogP contribution in [0.4, 0.5) is 23.1 Å². The molecule has 0 saturated heterocycles. The van der Waals surface area contributed by atoms with Gasteiger partial charge in [0, 0.05) is 30.4 Å². The van der Waals surface area contributed by atoms with Crippen LogP contribution in [-0.4, -0.2) is 34.2 Å². The molecule has 0 radical (unpaired) electrons. The average Bonchev–Trinajstić information content (AvgIpc) is 3.30. The number of hydrogen-bond donors (Lipinski definition) is 4. The Balaban J connectivity index is 1.40. The van der Waals surface area contributed by atoms with Crippen molar-refractivity contribution in [3.8, 4) is 5.75 Å². The highest BCUT2D eigenvalue weighted by molar-refractivity contribution is 5.98. The van der Waals surface area contributed by atoms with Crippen molar-refractivity contribution in [3.05, 3.63) is 64.1 Å². The molecule has 152 valence electrons. The number of amides is 1. The minimum Gasteiger partial charge on any atom is -0.492 e. The van der Waals surface area contributed by atoms with Gasteiger partial charge in [-0.05, 0) is 49.2 Å². The number of anilines is 3. The Hall–Kier alpha value is -4.06. The number of nitrogens with zero attached hydrogens (tertiary/aromatic N) is 3. The van der Waals surface area contributed by atoms with E-state index in [-0.39, 0.29) is 5.91 Å². The largest absolute Gasteiger partial charge is 0.492 e. The van der Waals surface area contributed by atoms with Gasteiger partial charge < -0.3 is 20.7 Å². The highest BCUT2D eigenvalue weighted by atomic mass is 16.5. The van der Waals surface area contributed by atoms with Crippen LogP contribution in [0.15, 0.2) is 30.3 Å². The molecule has 1 aromatic carbocycles. The summed E-state index contributed by atoms with van der Waals surface area (Å²) in [7, 11) is 0. The zero-order valence-electron chi connectivity index (χ0n) is 16.7. The van der Waals surface area contributed by atoms with Crippen molar-refractivity contribution in [1.29, 1.82) is 0 Å². The average molecular weight is 403 g/mol. The second-order valence-electron chi connectivity index (χ2n) is 6.97. The van der Waals surface area contributed by atoms with E-state index in [0.29, 0.717) is 54.2 Å². The van der Waals surface area contributed by atoms with Gasteiger partial charge in [0.15, 0.2) is 5.82 Å². The number of fused-ring (bicyclic) bond motifs is 1. The summed E-state index contributed by atoms with van der Waals surface area (Å²) in [5, 5.41) is 16.1. The number of pyridine rings is 1. The maximum absolute atomic E-state index is 11.6. The first kappa shape index (κ1) is 19.3. The molecule has 1 aliphatic rings. The minimum atomic E-state index is -0.0511. The molecule has 3 heterocycles. The molecule has 1 aliphatic heterocycles. The Kier molecular flexibility index (Phi) is 5.22. The van der Waals surface area contributed by atoms with Gasteiger partial charge in [-0.3, -0.25) is 9.89 Å². The third-order valence-corrected chi connectivity index (χ3v) is 4.68. The molecule has 4 rings (SSSR count). The molecule has 30 heavy (non-hydrogen) atoms. The summed E-state index contributed by atoms with van der Waals surface area (Å²) < 4.78 is 5.78. The van der Waals surface area contributed by atoms with Gasteiger partial charge in [0.05, 0.1) is 6.57 Å². The quantitative estimate of drug-likeness (QED) is 0.355. The molecule has 0 spiro atoms. The van der Waals surface area contributed by atoms with Crippen LogP contribution in [0.25, 0.3) is 4.85 Å². The Morgan fingerprint density at radius 3 is 2.87 bits per heavy atom. The second kappa shape index (κ2) is 8.13. The van der Waals surface area contributed by atoms with E-state index in [2.05, 4.69) is 36.0 Å². The summed E-state index contributed by atoms with van der Waals surface area (Å²) in [5.74, 6) is 2.40. The Bertz CT molecular complexity index is 1150. The normalized spacial score (nSPS) is 12.1. The summed E-state index contributed by atoms with van der Waals surface area (Å²) in [6.07, 6.45) is 0. The molecule has 1 amide bonds. The van der Waals surface area contributed by atoms with Crippen molar-refractivity contribution in [2.75, 3.05) is 23.8 Å². The van der Waals surface area contributed by atoms with E-state index in [9.17, 15) is 4.79 Å². The van der Waals surface area contributed by atoms with E-state index in [1.165, 1.54) is 0 Å². The van der Waals surface area contributed by atoms with Crippen molar-refractivity contribution in [3.63, 3.8) is 0 Å². The summed E-state index contributed by atoms with van der Waals surface area (Å²) in [4.78, 5) is 19.7. The van der Waals surface area contributed by atoms with E-state index in [4.69, 9.17) is 11.3 Å². The first-order chi connectivity index (χ1) is 14.5. The number of benzene rings is 1. The Morgan fingerprint density at radius 2 is 2.10 bits per heavy atom. The van der Waals surface area contributed by atoms with Gasteiger partial charge in [-0.15, -0.1) is 0 Å². The van der Waals surface area contributed by atoms with Crippen molar-refractivity contribution in [1.82, 2.24) is 20.5 Å². The number of aryl methyl sites for hydroxylation is 2. The van der Waals surface area contributed by atoms with E-state index >= 15 is 0 Å². The molecule has 9 heteroatoms. The predicted molar refractivity (Wildman–Crippen MR) is 113 cm³/mol. The molecule has 3 aromatic rings. The predicted octanol–water partition coefficient (Wildman–Crippen LogP) is 3.45. The maximum Gasteiger partial charge on any atom is 0.251 e. The van der Waals surface area contributed by atoms with Gasteiger partial charge in [0.1, 0.15) is 24.0 Å². The molecule has 4 N–H and O–H groups in total. The maximum atomic E-state index is 11.6. The first-order valence-corrected chi connectivity index (χ1v) is 9.49. The third-order valence-electron chi connectivity index (χ3n) is 4.68.